The lowest BCUT2D eigenvalue weighted by atomic mass is 10.1. The van der Waals surface area contributed by atoms with Crippen molar-refractivity contribution in [2.75, 3.05) is 50.1 Å². The number of ether oxygens (including phenoxy) is 1. The third-order valence-corrected chi connectivity index (χ3v) is 5.65. The summed E-state index contributed by atoms with van der Waals surface area (Å²) in [4.78, 5) is 33.1. The fraction of sp³-hybridized carbons (Fsp3) is 0.292. The second-order valence-corrected chi connectivity index (χ2v) is 7.66. The number of carbonyl (C=O) groups is 2. The SMILES string of the molecule is COc1ccc(N2CCN(C(CNC(=O)C(=O)Nc3cccnc3)c3ccco3)CC2)cc1. The number of amides is 2. The van der Waals surface area contributed by atoms with Crippen LogP contribution in [0.2, 0.25) is 0 Å². The van der Waals surface area contributed by atoms with E-state index in [1.54, 1.807) is 31.7 Å². The summed E-state index contributed by atoms with van der Waals surface area (Å²) in [6.07, 6.45) is 4.70. The Kier molecular flexibility index (Phi) is 7.21. The van der Waals surface area contributed by atoms with E-state index in [1.807, 2.05) is 24.3 Å². The van der Waals surface area contributed by atoms with Crippen LogP contribution in [0.1, 0.15) is 11.8 Å². The predicted molar refractivity (Wildman–Crippen MR) is 124 cm³/mol. The summed E-state index contributed by atoms with van der Waals surface area (Å²) >= 11 is 0. The van der Waals surface area contributed by atoms with Crippen molar-refractivity contribution in [3.05, 3.63) is 72.9 Å². The van der Waals surface area contributed by atoms with E-state index in [0.717, 1.165) is 43.4 Å². The molecule has 0 bridgehead atoms. The average molecular weight is 450 g/mol. The fourth-order valence-corrected chi connectivity index (χ4v) is 3.87. The Labute approximate surface area is 192 Å². The fourth-order valence-electron chi connectivity index (χ4n) is 3.87. The van der Waals surface area contributed by atoms with E-state index in [0.29, 0.717) is 5.69 Å². The molecule has 1 aliphatic heterocycles. The number of anilines is 2. The highest BCUT2D eigenvalue weighted by Crippen LogP contribution is 2.25. The van der Waals surface area contributed by atoms with Gasteiger partial charge in [0.2, 0.25) is 0 Å². The summed E-state index contributed by atoms with van der Waals surface area (Å²) in [6, 6.07) is 14.9. The molecule has 172 valence electrons. The highest BCUT2D eigenvalue weighted by Gasteiger charge is 2.28. The minimum absolute atomic E-state index is 0.173. The minimum atomic E-state index is -0.731. The quantitative estimate of drug-likeness (QED) is 0.534. The van der Waals surface area contributed by atoms with Crippen molar-refractivity contribution in [1.29, 1.82) is 0 Å². The number of furan rings is 1. The highest BCUT2D eigenvalue weighted by atomic mass is 16.5. The van der Waals surface area contributed by atoms with E-state index in [9.17, 15) is 9.59 Å². The molecule has 0 radical (unpaired) electrons. The van der Waals surface area contributed by atoms with Crippen molar-refractivity contribution in [2.24, 2.45) is 0 Å². The Balaban J connectivity index is 1.35. The van der Waals surface area contributed by atoms with Crippen LogP contribution in [0.5, 0.6) is 5.75 Å². The number of methoxy groups -OCH3 is 1. The number of rotatable bonds is 7. The Morgan fingerprint density at radius 3 is 2.48 bits per heavy atom. The summed E-state index contributed by atoms with van der Waals surface area (Å²) in [7, 11) is 1.66. The van der Waals surface area contributed by atoms with Gasteiger partial charge in [-0.2, -0.15) is 0 Å². The zero-order valence-electron chi connectivity index (χ0n) is 18.4. The van der Waals surface area contributed by atoms with Gasteiger partial charge in [0.1, 0.15) is 11.5 Å². The molecule has 2 aromatic heterocycles. The van der Waals surface area contributed by atoms with E-state index in [-0.39, 0.29) is 12.6 Å². The molecule has 1 fully saturated rings. The number of carbonyl (C=O) groups excluding carboxylic acids is 2. The zero-order chi connectivity index (χ0) is 23.0. The van der Waals surface area contributed by atoms with Crippen LogP contribution in [-0.4, -0.2) is 61.5 Å². The number of pyridine rings is 1. The number of hydrogen-bond acceptors (Lipinski definition) is 7. The first-order chi connectivity index (χ1) is 16.1. The molecule has 9 heteroatoms. The summed E-state index contributed by atoms with van der Waals surface area (Å²) < 4.78 is 10.9. The number of benzene rings is 1. The number of hydrogen-bond donors (Lipinski definition) is 2. The number of nitrogens with one attached hydrogen (secondary N) is 2. The normalized spacial score (nSPS) is 15.0. The number of nitrogens with zero attached hydrogens (tertiary/aromatic N) is 3. The van der Waals surface area contributed by atoms with Gasteiger partial charge in [-0.25, -0.2) is 0 Å². The molecule has 1 atom stereocenters. The van der Waals surface area contributed by atoms with Gasteiger partial charge in [0.15, 0.2) is 0 Å². The van der Waals surface area contributed by atoms with Crippen LogP contribution in [0.15, 0.2) is 71.6 Å². The van der Waals surface area contributed by atoms with Crippen molar-refractivity contribution >= 4 is 23.2 Å². The third-order valence-electron chi connectivity index (χ3n) is 5.65. The van der Waals surface area contributed by atoms with Gasteiger partial charge in [-0.15, -0.1) is 0 Å². The molecule has 0 spiro atoms. The standard InChI is InChI=1S/C24H27N5O4/c1-32-20-8-6-19(7-9-20)28-11-13-29(14-12-28)21(22-5-3-15-33-22)17-26-23(30)24(31)27-18-4-2-10-25-16-18/h2-10,15-16,21H,11-14,17H2,1H3,(H,26,30)(H,27,31). The largest absolute Gasteiger partial charge is 0.497 e. The minimum Gasteiger partial charge on any atom is -0.497 e. The first-order valence-corrected chi connectivity index (χ1v) is 10.8. The maximum atomic E-state index is 12.4. The number of piperazine rings is 1. The Morgan fingerprint density at radius 2 is 1.85 bits per heavy atom. The molecule has 33 heavy (non-hydrogen) atoms. The van der Waals surface area contributed by atoms with Crippen LogP contribution in [-0.2, 0) is 9.59 Å². The molecule has 1 aromatic carbocycles. The Hall–Kier alpha value is -3.85. The van der Waals surface area contributed by atoms with Crippen molar-refractivity contribution in [3.8, 4) is 5.75 Å². The second kappa shape index (κ2) is 10.6. The van der Waals surface area contributed by atoms with Gasteiger partial charge in [-0.1, -0.05) is 0 Å². The molecule has 1 saturated heterocycles. The van der Waals surface area contributed by atoms with E-state index < -0.39 is 11.8 Å². The smallest absolute Gasteiger partial charge is 0.313 e. The van der Waals surface area contributed by atoms with Gasteiger partial charge < -0.3 is 24.7 Å². The molecule has 3 aromatic rings. The van der Waals surface area contributed by atoms with E-state index in [1.165, 1.54) is 6.20 Å². The maximum Gasteiger partial charge on any atom is 0.313 e. The lowest BCUT2D eigenvalue weighted by Gasteiger charge is -2.39. The van der Waals surface area contributed by atoms with Gasteiger partial charge in [-0.3, -0.25) is 19.5 Å². The average Bonchev–Trinajstić information content (AvgIpc) is 3.40. The van der Waals surface area contributed by atoms with Crippen LogP contribution in [0.25, 0.3) is 0 Å². The topological polar surface area (TPSA) is 99.9 Å². The van der Waals surface area contributed by atoms with Crippen LogP contribution in [0.3, 0.4) is 0 Å². The molecule has 2 N–H and O–H groups in total. The first kappa shape index (κ1) is 22.3. The van der Waals surface area contributed by atoms with E-state index in [2.05, 4.69) is 37.6 Å². The molecule has 3 heterocycles. The van der Waals surface area contributed by atoms with Crippen LogP contribution in [0, 0.1) is 0 Å². The van der Waals surface area contributed by atoms with Crippen LogP contribution < -0.4 is 20.3 Å². The second-order valence-electron chi connectivity index (χ2n) is 7.66. The van der Waals surface area contributed by atoms with Gasteiger partial charge in [0.25, 0.3) is 0 Å². The van der Waals surface area contributed by atoms with Crippen molar-refractivity contribution in [2.45, 2.75) is 6.04 Å². The summed E-state index contributed by atoms with van der Waals surface area (Å²) in [6.45, 7) is 3.50. The summed E-state index contributed by atoms with van der Waals surface area (Å²) in [5.74, 6) is 0.150. The van der Waals surface area contributed by atoms with Gasteiger partial charge >= 0.3 is 11.8 Å². The van der Waals surface area contributed by atoms with Gasteiger partial charge in [-0.05, 0) is 48.5 Å². The Morgan fingerprint density at radius 1 is 1.06 bits per heavy atom. The highest BCUT2D eigenvalue weighted by molar-refractivity contribution is 6.39. The van der Waals surface area contributed by atoms with Crippen LogP contribution >= 0.6 is 0 Å². The third kappa shape index (κ3) is 5.69. The molecular weight excluding hydrogens is 422 g/mol. The Bertz CT molecular complexity index is 1030. The van der Waals surface area contributed by atoms with Crippen LogP contribution in [0.4, 0.5) is 11.4 Å². The molecule has 1 unspecified atom stereocenters. The van der Waals surface area contributed by atoms with Gasteiger partial charge in [0, 0.05) is 44.6 Å². The van der Waals surface area contributed by atoms with E-state index >= 15 is 0 Å². The molecule has 0 saturated carbocycles. The van der Waals surface area contributed by atoms with Gasteiger partial charge in [0.05, 0.1) is 31.3 Å². The molecule has 9 nitrogen and oxygen atoms in total. The molecule has 4 rings (SSSR count). The molecular formula is C24H27N5O4. The van der Waals surface area contributed by atoms with Crippen molar-refractivity contribution in [1.82, 2.24) is 15.2 Å². The summed E-state index contributed by atoms with van der Waals surface area (Å²) in [5, 5.41) is 5.29. The molecule has 0 aliphatic carbocycles. The van der Waals surface area contributed by atoms with Crippen molar-refractivity contribution in [3.63, 3.8) is 0 Å². The van der Waals surface area contributed by atoms with Crippen molar-refractivity contribution < 1.29 is 18.7 Å². The lowest BCUT2D eigenvalue weighted by Crippen LogP contribution is -2.50. The summed E-state index contributed by atoms with van der Waals surface area (Å²) in [5.41, 5.74) is 1.61. The first-order valence-electron chi connectivity index (χ1n) is 10.8. The zero-order valence-corrected chi connectivity index (χ0v) is 18.4. The lowest BCUT2D eigenvalue weighted by molar-refractivity contribution is -0.136. The number of aromatic nitrogens is 1. The molecule has 2 amide bonds. The monoisotopic (exact) mass is 449 g/mol. The van der Waals surface area contributed by atoms with E-state index in [4.69, 9.17) is 9.15 Å². The molecule has 1 aliphatic rings. The maximum absolute atomic E-state index is 12.4. The predicted octanol–water partition coefficient (Wildman–Crippen LogP) is 2.30.